The molecule has 0 radical (unpaired) electrons. The third-order valence-corrected chi connectivity index (χ3v) is 3.28. The van der Waals surface area contributed by atoms with E-state index < -0.39 is 0 Å². The van der Waals surface area contributed by atoms with Crippen LogP contribution in [0.15, 0.2) is 46.2 Å². The van der Waals surface area contributed by atoms with Crippen LogP contribution in [0.4, 0.5) is 5.69 Å². The Morgan fingerprint density at radius 2 is 2.25 bits per heavy atom. The van der Waals surface area contributed by atoms with E-state index in [1.54, 1.807) is 0 Å². The molecule has 1 aliphatic rings. The van der Waals surface area contributed by atoms with Gasteiger partial charge in [0.15, 0.2) is 0 Å². The molecule has 3 rings (SSSR count). The van der Waals surface area contributed by atoms with E-state index in [1.807, 2.05) is 31.2 Å². The standard InChI is InChI=1S/C14H14N4O2/c1-9(11-6-15-7-11)13(19)17-12-4-2-3-10(5-12)14-18-16-8-20-14/h2-5,8,15H,6-7H2,1H3,(H,17,19). The molecular formula is C14H14N4O2. The van der Waals surface area contributed by atoms with Gasteiger partial charge in [0.25, 0.3) is 5.91 Å². The van der Waals surface area contributed by atoms with Gasteiger partial charge < -0.3 is 15.1 Å². The van der Waals surface area contributed by atoms with Crippen LogP contribution in [0.5, 0.6) is 0 Å². The fourth-order valence-corrected chi connectivity index (χ4v) is 1.93. The SMILES string of the molecule is CC(C(=O)Nc1cccc(-c2nnco2)c1)=C1CNC1. The van der Waals surface area contributed by atoms with Crippen molar-refractivity contribution in [3.05, 3.63) is 41.8 Å². The van der Waals surface area contributed by atoms with Crippen molar-refractivity contribution < 1.29 is 9.21 Å². The number of aromatic nitrogens is 2. The fraction of sp³-hybridized carbons (Fsp3) is 0.214. The molecule has 1 aromatic heterocycles. The minimum absolute atomic E-state index is 0.0795. The third kappa shape index (κ3) is 2.46. The number of rotatable bonds is 3. The highest BCUT2D eigenvalue weighted by Gasteiger charge is 2.16. The topological polar surface area (TPSA) is 80.1 Å². The summed E-state index contributed by atoms with van der Waals surface area (Å²) >= 11 is 0. The summed E-state index contributed by atoms with van der Waals surface area (Å²) in [6.07, 6.45) is 1.28. The van der Waals surface area contributed by atoms with Gasteiger partial charge in [0, 0.05) is 29.9 Å². The Morgan fingerprint density at radius 1 is 1.40 bits per heavy atom. The van der Waals surface area contributed by atoms with Crippen molar-refractivity contribution in [1.29, 1.82) is 0 Å². The molecule has 0 saturated carbocycles. The summed E-state index contributed by atoms with van der Waals surface area (Å²) in [5.74, 6) is 0.351. The van der Waals surface area contributed by atoms with Crippen molar-refractivity contribution in [2.24, 2.45) is 0 Å². The Labute approximate surface area is 115 Å². The Balaban J connectivity index is 1.78. The summed E-state index contributed by atoms with van der Waals surface area (Å²) in [6.45, 7) is 3.43. The Bertz CT molecular complexity index is 656. The van der Waals surface area contributed by atoms with E-state index in [0.29, 0.717) is 11.6 Å². The molecule has 1 saturated heterocycles. The molecule has 2 N–H and O–H groups in total. The highest BCUT2D eigenvalue weighted by Crippen LogP contribution is 2.21. The minimum Gasteiger partial charge on any atom is -0.423 e. The Morgan fingerprint density at radius 3 is 2.90 bits per heavy atom. The number of benzene rings is 1. The van der Waals surface area contributed by atoms with E-state index >= 15 is 0 Å². The van der Waals surface area contributed by atoms with Crippen LogP contribution in [0.3, 0.4) is 0 Å². The molecule has 0 unspecified atom stereocenters. The molecule has 1 amide bonds. The average Bonchev–Trinajstić information content (AvgIpc) is 2.90. The number of hydrogen-bond donors (Lipinski definition) is 2. The molecule has 2 heterocycles. The van der Waals surface area contributed by atoms with Gasteiger partial charge in [-0.25, -0.2) is 0 Å². The summed E-state index contributed by atoms with van der Waals surface area (Å²) in [6, 6.07) is 7.32. The quantitative estimate of drug-likeness (QED) is 0.828. The van der Waals surface area contributed by atoms with Crippen molar-refractivity contribution in [2.75, 3.05) is 18.4 Å². The van der Waals surface area contributed by atoms with Gasteiger partial charge in [-0.2, -0.15) is 0 Å². The molecular weight excluding hydrogens is 256 g/mol. The average molecular weight is 270 g/mol. The first kappa shape index (κ1) is 12.6. The number of amides is 1. The number of carbonyl (C=O) groups excluding carboxylic acids is 1. The lowest BCUT2D eigenvalue weighted by Gasteiger charge is -2.21. The molecule has 0 bridgehead atoms. The number of carbonyl (C=O) groups is 1. The smallest absolute Gasteiger partial charge is 0.251 e. The maximum atomic E-state index is 12.1. The van der Waals surface area contributed by atoms with Gasteiger partial charge in [-0.05, 0) is 30.7 Å². The van der Waals surface area contributed by atoms with Crippen LogP contribution in [-0.4, -0.2) is 29.2 Å². The van der Waals surface area contributed by atoms with Crippen LogP contribution < -0.4 is 10.6 Å². The molecule has 1 fully saturated rings. The second-order valence-corrected chi connectivity index (χ2v) is 4.61. The zero-order chi connectivity index (χ0) is 13.9. The van der Waals surface area contributed by atoms with Crippen LogP contribution in [-0.2, 0) is 4.79 Å². The van der Waals surface area contributed by atoms with Crippen molar-refractivity contribution >= 4 is 11.6 Å². The summed E-state index contributed by atoms with van der Waals surface area (Å²) in [5.41, 5.74) is 3.40. The van der Waals surface area contributed by atoms with Crippen LogP contribution in [0.25, 0.3) is 11.5 Å². The zero-order valence-corrected chi connectivity index (χ0v) is 11.0. The maximum absolute atomic E-state index is 12.1. The van der Waals surface area contributed by atoms with Gasteiger partial charge in [0.2, 0.25) is 12.3 Å². The van der Waals surface area contributed by atoms with Crippen molar-refractivity contribution in [3.8, 4) is 11.5 Å². The zero-order valence-electron chi connectivity index (χ0n) is 11.0. The van der Waals surface area contributed by atoms with Crippen LogP contribution in [0.2, 0.25) is 0 Å². The van der Waals surface area contributed by atoms with Crippen molar-refractivity contribution in [1.82, 2.24) is 15.5 Å². The molecule has 6 nitrogen and oxygen atoms in total. The van der Waals surface area contributed by atoms with E-state index in [0.717, 1.165) is 29.8 Å². The Kier molecular flexibility index (Phi) is 3.30. The third-order valence-electron chi connectivity index (χ3n) is 3.28. The van der Waals surface area contributed by atoms with Crippen LogP contribution >= 0.6 is 0 Å². The fourth-order valence-electron chi connectivity index (χ4n) is 1.93. The monoisotopic (exact) mass is 270 g/mol. The first-order valence-corrected chi connectivity index (χ1v) is 6.31. The van der Waals surface area contributed by atoms with Crippen LogP contribution in [0.1, 0.15) is 6.92 Å². The highest BCUT2D eigenvalue weighted by molar-refractivity contribution is 6.04. The number of nitrogens with one attached hydrogen (secondary N) is 2. The lowest BCUT2D eigenvalue weighted by atomic mass is 10.0. The molecule has 0 atom stereocenters. The van der Waals surface area contributed by atoms with Crippen LogP contribution in [0, 0.1) is 0 Å². The molecule has 0 aliphatic carbocycles. The molecule has 1 aromatic carbocycles. The molecule has 0 spiro atoms. The van der Waals surface area contributed by atoms with Gasteiger partial charge in [-0.3, -0.25) is 4.79 Å². The van der Waals surface area contributed by atoms with Gasteiger partial charge in [-0.15, -0.1) is 10.2 Å². The lowest BCUT2D eigenvalue weighted by molar-refractivity contribution is -0.112. The van der Waals surface area contributed by atoms with Gasteiger partial charge in [0.05, 0.1) is 0 Å². The second kappa shape index (κ2) is 5.26. The maximum Gasteiger partial charge on any atom is 0.251 e. The highest BCUT2D eigenvalue weighted by atomic mass is 16.4. The van der Waals surface area contributed by atoms with E-state index in [2.05, 4.69) is 20.8 Å². The first-order valence-electron chi connectivity index (χ1n) is 6.31. The predicted octanol–water partition coefficient (Wildman–Crippen LogP) is 1.59. The Hall–Kier alpha value is -2.47. The number of hydrogen-bond acceptors (Lipinski definition) is 5. The lowest BCUT2D eigenvalue weighted by Crippen LogP contribution is -2.36. The number of anilines is 1. The van der Waals surface area contributed by atoms with Gasteiger partial charge in [-0.1, -0.05) is 6.07 Å². The van der Waals surface area contributed by atoms with E-state index in [1.165, 1.54) is 6.39 Å². The molecule has 2 aromatic rings. The minimum atomic E-state index is -0.0795. The molecule has 102 valence electrons. The summed E-state index contributed by atoms with van der Waals surface area (Å²) in [5, 5.41) is 13.5. The second-order valence-electron chi connectivity index (χ2n) is 4.61. The number of nitrogens with zero attached hydrogens (tertiary/aromatic N) is 2. The van der Waals surface area contributed by atoms with E-state index in [4.69, 9.17) is 4.42 Å². The molecule has 1 aliphatic heterocycles. The van der Waals surface area contributed by atoms with Crippen molar-refractivity contribution in [3.63, 3.8) is 0 Å². The summed E-state index contributed by atoms with van der Waals surface area (Å²) in [4.78, 5) is 12.1. The van der Waals surface area contributed by atoms with E-state index in [9.17, 15) is 4.79 Å². The summed E-state index contributed by atoms with van der Waals surface area (Å²) in [7, 11) is 0. The molecule has 6 heteroatoms. The van der Waals surface area contributed by atoms with Crippen molar-refractivity contribution in [2.45, 2.75) is 6.92 Å². The predicted molar refractivity (Wildman–Crippen MR) is 73.9 cm³/mol. The van der Waals surface area contributed by atoms with Gasteiger partial charge in [0.1, 0.15) is 0 Å². The summed E-state index contributed by atoms with van der Waals surface area (Å²) < 4.78 is 5.14. The molecule has 20 heavy (non-hydrogen) atoms. The van der Waals surface area contributed by atoms with Gasteiger partial charge >= 0.3 is 0 Å². The largest absolute Gasteiger partial charge is 0.423 e. The first-order chi connectivity index (χ1) is 9.74. The van der Waals surface area contributed by atoms with E-state index in [-0.39, 0.29) is 5.91 Å². The normalized spacial score (nSPS) is 13.8.